The molecule has 0 spiro atoms. The number of aromatic nitrogens is 4. The van der Waals surface area contributed by atoms with E-state index in [1.807, 2.05) is 53.0 Å². The molecular formula is C18H20N6O. The highest BCUT2D eigenvalue weighted by Gasteiger charge is 2.25. The van der Waals surface area contributed by atoms with Crippen LogP contribution in [0.3, 0.4) is 0 Å². The largest absolute Gasteiger partial charge is 0.340 e. The van der Waals surface area contributed by atoms with Gasteiger partial charge >= 0.3 is 6.03 Å². The number of aryl methyl sites for hydroxylation is 1. The van der Waals surface area contributed by atoms with Crippen molar-refractivity contribution in [1.29, 1.82) is 0 Å². The van der Waals surface area contributed by atoms with Gasteiger partial charge in [0.1, 0.15) is 0 Å². The van der Waals surface area contributed by atoms with Gasteiger partial charge in [0.25, 0.3) is 0 Å². The number of aromatic amines is 1. The highest BCUT2D eigenvalue weighted by Crippen LogP contribution is 2.28. The summed E-state index contributed by atoms with van der Waals surface area (Å²) in [6.07, 6.45) is 4.41. The normalized spacial score (nSPS) is 13.6. The molecule has 0 radical (unpaired) electrons. The number of benzene rings is 1. The average Bonchev–Trinajstić information content (AvgIpc) is 3.26. The Morgan fingerprint density at radius 1 is 1.32 bits per heavy atom. The molecule has 3 aromatic rings. The van der Waals surface area contributed by atoms with Crippen LogP contribution in [0, 0.1) is 0 Å². The Hall–Kier alpha value is -3.09. The van der Waals surface area contributed by atoms with Crippen LogP contribution in [0.5, 0.6) is 0 Å². The maximum atomic E-state index is 12.5. The van der Waals surface area contributed by atoms with Crippen molar-refractivity contribution in [3.05, 3.63) is 59.8 Å². The number of hydrogen-bond acceptors (Lipinski definition) is 3. The monoisotopic (exact) mass is 336 g/mol. The Morgan fingerprint density at radius 2 is 2.16 bits per heavy atom. The van der Waals surface area contributed by atoms with Crippen molar-refractivity contribution >= 4 is 6.03 Å². The van der Waals surface area contributed by atoms with E-state index >= 15 is 0 Å². The number of H-pyrrole nitrogens is 1. The first kappa shape index (κ1) is 15.4. The van der Waals surface area contributed by atoms with Crippen LogP contribution < -0.4 is 5.32 Å². The van der Waals surface area contributed by atoms with E-state index in [2.05, 4.69) is 20.5 Å². The molecule has 0 saturated carbocycles. The number of fused-ring (bicyclic) bond motifs is 1. The fourth-order valence-corrected chi connectivity index (χ4v) is 3.14. The van der Waals surface area contributed by atoms with Crippen molar-refractivity contribution in [2.45, 2.75) is 19.5 Å². The predicted molar refractivity (Wildman–Crippen MR) is 93.6 cm³/mol. The Kier molecular flexibility index (Phi) is 3.97. The molecule has 1 aromatic carbocycles. The molecule has 0 saturated heterocycles. The SMILES string of the molecule is Cn1cnc(CNC(=O)N2CCc3[nH]nc(-c4ccccc4)c3C2)c1. The molecule has 25 heavy (non-hydrogen) atoms. The van der Waals surface area contributed by atoms with Crippen LogP contribution in [0.25, 0.3) is 11.3 Å². The molecular weight excluding hydrogens is 316 g/mol. The first-order valence-corrected chi connectivity index (χ1v) is 8.32. The third-order valence-corrected chi connectivity index (χ3v) is 4.45. The summed E-state index contributed by atoms with van der Waals surface area (Å²) in [6, 6.07) is 9.98. The van der Waals surface area contributed by atoms with Gasteiger partial charge in [0.2, 0.25) is 0 Å². The van der Waals surface area contributed by atoms with Crippen molar-refractivity contribution < 1.29 is 4.79 Å². The molecule has 0 atom stereocenters. The van der Waals surface area contributed by atoms with E-state index in [1.165, 1.54) is 0 Å². The number of nitrogens with one attached hydrogen (secondary N) is 2. The first-order chi connectivity index (χ1) is 12.2. The minimum atomic E-state index is -0.0727. The fourth-order valence-electron chi connectivity index (χ4n) is 3.14. The van der Waals surface area contributed by atoms with Crippen LogP contribution in [-0.4, -0.2) is 37.2 Å². The van der Waals surface area contributed by atoms with Gasteiger partial charge in [-0.2, -0.15) is 5.10 Å². The molecule has 2 aromatic heterocycles. The van der Waals surface area contributed by atoms with Crippen LogP contribution in [-0.2, 0) is 26.6 Å². The van der Waals surface area contributed by atoms with E-state index in [9.17, 15) is 4.79 Å². The van der Waals surface area contributed by atoms with E-state index in [0.717, 1.165) is 34.6 Å². The Bertz CT molecular complexity index is 882. The van der Waals surface area contributed by atoms with Crippen molar-refractivity contribution in [2.24, 2.45) is 7.05 Å². The van der Waals surface area contributed by atoms with Gasteiger partial charge in [-0.25, -0.2) is 9.78 Å². The van der Waals surface area contributed by atoms with Crippen LogP contribution in [0.1, 0.15) is 17.0 Å². The fraction of sp³-hybridized carbons (Fsp3) is 0.278. The Morgan fingerprint density at radius 3 is 2.92 bits per heavy atom. The minimum Gasteiger partial charge on any atom is -0.340 e. The summed E-state index contributed by atoms with van der Waals surface area (Å²) < 4.78 is 1.87. The number of hydrogen-bond donors (Lipinski definition) is 2. The number of urea groups is 1. The number of carbonyl (C=O) groups excluding carboxylic acids is 1. The molecule has 3 heterocycles. The van der Waals surface area contributed by atoms with Crippen molar-refractivity contribution in [2.75, 3.05) is 6.54 Å². The topological polar surface area (TPSA) is 78.8 Å². The molecule has 7 nitrogen and oxygen atoms in total. The molecule has 0 unspecified atom stereocenters. The number of rotatable bonds is 3. The molecule has 2 amide bonds. The molecule has 128 valence electrons. The van der Waals surface area contributed by atoms with Gasteiger partial charge in [0.15, 0.2) is 0 Å². The Labute approximate surface area is 145 Å². The zero-order chi connectivity index (χ0) is 17.2. The second kappa shape index (κ2) is 6.43. The third-order valence-electron chi connectivity index (χ3n) is 4.45. The average molecular weight is 336 g/mol. The molecule has 4 rings (SSSR count). The molecule has 0 aliphatic carbocycles. The third kappa shape index (κ3) is 3.13. The Balaban J connectivity index is 1.47. The predicted octanol–water partition coefficient (Wildman–Crippen LogP) is 2.08. The lowest BCUT2D eigenvalue weighted by Crippen LogP contribution is -2.42. The second-order valence-electron chi connectivity index (χ2n) is 6.26. The molecule has 2 N–H and O–H groups in total. The van der Waals surface area contributed by atoms with Gasteiger partial charge in [-0.15, -0.1) is 0 Å². The maximum absolute atomic E-state index is 12.5. The minimum absolute atomic E-state index is 0.0727. The highest BCUT2D eigenvalue weighted by molar-refractivity contribution is 5.75. The van der Waals surface area contributed by atoms with E-state index in [0.29, 0.717) is 19.6 Å². The van der Waals surface area contributed by atoms with Crippen LogP contribution in [0.4, 0.5) is 4.79 Å². The number of imidazole rings is 1. The van der Waals surface area contributed by atoms with Crippen LogP contribution in [0.15, 0.2) is 42.9 Å². The summed E-state index contributed by atoms with van der Waals surface area (Å²) in [5.74, 6) is 0. The lowest BCUT2D eigenvalue weighted by atomic mass is 10.0. The van der Waals surface area contributed by atoms with E-state index < -0.39 is 0 Å². The molecule has 0 bridgehead atoms. The standard InChI is InChI=1S/C18H20N6O/c1-23-10-14(20-12-23)9-19-18(25)24-8-7-16-15(11-24)17(22-21-16)13-5-3-2-4-6-13/h2-6,10,12H,7-9,11H2,1H3,(H,19,25)(H,21,22). The van der Waals surface area contributed by atoms with Crippen molar-refractivity contribution in [1.82, 2.24) is 30.0 Å². The summed E-state index contributed by atoms with van der Waals surface area (Å²) in [7, 11) is 1.91. The summed E-state index contributed by atoms with van der Waals surface area (Å²) in [4.78, 5) is 18.6. The van der Waals surface area contributed by atoms with Crippen LogP contribution in [0.2, 0.25) is 0 Å². The summed E-state index contributed by atoms with van der Waals surface area (Å²) >= 11 is 0. The maximum Gasteiger partial charge on any atom is 0.318 e. The van der Waals surface area contributed by atoms with Gasteiger partial charge < -0.3 is 14.8 Å². The molecule has 1 aliphatic heterocycles. The van der Waals surface area contributed by atoms with Gasteiger partial charge in [-0.05, 0) is 0 Å². The van der Waals surface area contributed by atoms with E-state index in [-0.39, 0.29) is 6.03 Å². The van der Waals surface area contributed by atoms with E-state index in [1.54, 1.807) is 6.33 Å². The van der Waals surface area contributed by atoms with Crippen LogP contribution >= 0.6 is 0 Å². The van der Waals surface area contributed by atoms with Gasteiger partial charge in [-0.3, -0.25) is 5.10 Å². The summed E-state index contributed by atoms with van der Waals surface area (Å²) in [5.41, 5.74) is 5.06. The highest BCUT2D eigenvalue weighted by atomic mass is 16.2. The zero-order valence-corrected chi connectivity index (χ0v) is 14.1. The molecule has 1 aliphatic rings. The van der Waals surface area contributed by atoms with Gasteiger partial charge in [0.05, 0.1) is 30.8 Å². The lowest BCUT2D eigenvalue weighted by Gasteiger charge is -2.27. The molecule has 7 heteroatoms. The zero-order valence-electron chi connectivity index (χ0n) is 14.1. The van der Waals surface area contributed by atoms with Gasteiger partial charge in [-0.1, -0.05) is 30.3 Å². The van der Waals surface area contributed by atoms with Gasteiger partial charge in [0, 0.05) is 43.0 Å². The summed E-state index contributed by atoms with van der Waals surface area (Å²) in [6.45, 7) is 1.67. The van der Waals surface area contributed by atoms with Crippen molar-refractivity contribution in [3.63, 3.8) is 0 Å². The second-order valence-corrected chi connectivity index (χ2v) is 6.26. The number of nitrogens with zero attached hydrogens (tertiary/aromatic N) is 4. The molecule has 0 fully saturated rings. The smallest absolute Gasteiger partial charge is 0.318 e. The summed E-state index contributed by atoms with van der Waals surface area (Å²) in [5, 5.41) is 10.5. The quantitative estimate of drug-likeness (QED) is 0.768. The van der Waals surface area contributed by atoms with E-state index in [4.69, 9.17) is 0 Å². The van der Waals surface area contributed by atoms with Crippen molar-refractivity contribution in [3.8, 4) is 11.3 Å². The number of amides is 2. The number of carbonyl (C=O) groups is 1. The first-order valence-electron chi connectivity index (χ1n) is 8.32. The lowest BCUT2D eigenvalue weighted by molar-refractivity contribution is 0.191.